The van der Waals surface area contributed by atoms with E-state index in [9.17, 15) is 4.79 Å². The Labute approximate surface area is 226 Å². The Morgan fingerprint density at radius 2 is 1.76 bits per heavy atom. The average Bonchev–Trinajstić information content (AvgIpc) is 3.40. The number of fused-ring (bicyclic) bond motifs is 2. The van der Waals surface area contributed by atoms with Crippen molar-refractivity contribution in [2.75, 3.05) is 44.8 Å². The van der Waals surface area contributed by atoms with Crippen molar-refractivity contribution in [1.29, 1.82) is 0 Å². The average molecular weight is 530 g/mol. The molecule has 0 aliphatic carbocycles. The maximum atomic E-state index is 13.7. The monoisotopic (exact) mass is 529 g/mol. The van der Waals surface area contributed by atoms with Crippen LogP contribution >= 0.6 is 11.3 Å². The molecule has 38 heavy (non-hydrogen) atoms. The molecule has 2 aliphatic rings. The standard InChI is InChI=1S/C30H31N3O4S/c1-35-23-12-10-22(11-13-23)29(34)33(30-31-25-6-2-5-9-28(25)38-30)18-21-14-16-32(17-15-21)19-24-20-36-26-7-3-4-8-27(26)37-24/h2-13,21,24H,14-20H2,1H3. The summed E-state index contributed by atoms with van der Waals surface area (Å²) < 4.78 is 18.4. The van der Waals surface area contributed by atoms with Crippen molar-refractivity contribution >= 4 is 32.6 Å². The number of hydrogen-bond donors (Lipinski definition) is 0. The van der Waals surface area contributed by atoms with E-state index < -0.39 is 0 Å². The predicted octanol–water partition coefficient (Wildman–Crippen LogP) is 5.50. The third-order valence-electron chi connectivity index (χ3n) is 7.27. The van der Waals surface area contributed by atoms with E-state index in [4.69, 9.17) is 19.2 Å². The number of amides is 1. The van der Waals surface area contributed by atoms with Crippen LogP contribution in [-0.4, -0.2) is 61.8 Å². The number of rotatable bonds is 7. The summed E-state index contributed by atoms with van der Waals surface area (Å²) in [5.41, 5.74) is 1.56. The van der Waals surface area contributed by atoms with Crippen molar-refractivity contribution in [2.45, 2.75) is 18.9 Å². The van der Waals surface area contributed by atoms with E-state index in [1.165, 1.54) is 0 Å². The normalized spacial score (nSPS) is 17.9. The number of thiazole rings is 1. The van der Waals surface area contributed by atoms with Gasteiger partial charge in [0.25, 0.3) is 5.91 Å². The fraction of sp³-hybridized carbons (Fsp3) is 0.333. The summed E-state index contributed by atoms with van der Waals surface area (Å²) in [7, 11) is 1.63. The van der Waals surface area contributed by atoms with Gasteiger partial charge in [0.05, 0.1) is 17.3 Å². The van der Waals surface area contributed by atoms with E-state index in [0.717, 1.165) is 65.1 Å². The lowest BCUT2D eigenvalue weighted by atomic mass is 9.95. The minimum Gasteiger partial charge on any atom is -0.497 e. The summed E-state index contributed by atoms with van der Waals surface area (Å²) in [5.74, 6) is 2.74. The minimum absolute atomic E-state index is 0.0253. The lowest BCUT2D eigenvalue weighted by Gasteiger charge is -2.36. The van der Waals surface area contributed by atoms with Crippen molar-refractivity contribution in [2.24, 2.45) is 5.92 Å². The third-order valence-corrected chi connectivity index (χ3v) is 8.33. The Balaban J connectivity index is 1.13. The topological polar surface area (TPSA) is 64.1 Å². The summed E-state index contributed by atoms with van der Waals surface area (Å²) in [6.45, 7) is 3.99. The van der Waals surface area contributed by atoms with Crippen LogP contribution in [0.15, 0.2) is 72.8 Å². The summed E-state index contributed by atoms with van der Waals surface area (Å²) in [4.78, 5) is 22.9. The highest BCUT2D eigenvalue weighted by molar-refractivity contribution is 7.22. The largest absolute Gasteiger partial charge is 0.497 e. The number of hydrogen-bond acceptors (Lipinski definition) is 7. The molecule has 1 aromatic heterocycles. The first-order valence-electron chi connectivity index (χ1n) is 13.1. The molecule has 0 bridgehead atoms. The first kappa shape index (κ1) is 24.7. The number of carbonyl (C=O) groups is 1. The molecule has 0 saturated carbocycles. The summed E-state index contributed by atoms with van der Waals surface area (Å²) >= 11 is 1.57. The van der Waals surface area contributed by atoms with Crippen molar-refractivity contribution in [3.8, 4) is 17.2 Å². The number of likely N-dealkylation sites (tertiary alicyclic amines) is 1. The van der Waals surface area contributed by atoms with Crippen LogP contribution in [0.25, 0.3) is 10.2 Å². The summed E-state index contributed by atoms with van der Waals surface area (Å²) in [6.07, 6.45) is 2.06. The van der Waals surface area contributed by atoms with Crippen molar-refractivity contribution < 1.29 is 19.0 Å². The molecule has 0 spiro atoms. The molecule has 1 atom stereocenters. The lowest BCUT2D eigenvalue weighted by Crippen LogP contribution is -2.46. The number of methoxy groups -OCH3 is 1. The molecule has 3 aromatic carbocycles. The molecule has 0 N–H and O–H groups in total. The maximum absolute atomic E-state index is 13.7. The van der Waals surface area contributed by atoms with Crippen LogP contribution in [0.5, 0.6) is 17.2 Å². The summed E-state index contributed by atoms with van der Waals surface area (Å²) in [6, 6.07) is 23.2. The van der Waals surface area contributed by atoms with E-state index in [1.807, 2.05) is 71.6 Å². The van der Waals surface area contributed by atoms with Gasteiger partial charge in [0.2, 0.25) is 0 Å². The third kappa shape index (κ3) is 5.33. The highest BCUT2D eigenvalue weighted by Crippen LogP contribution is 2.33. The van der Waals surface area contributed by atoms with E-state index in [0.29, 0.717) is 24.6 Å². The van der Waals surface area contributed by atoms with Crippen LogP contribution < -0.4 is 19.1 Å². The molecule has 4 aromatic rings. The van der Waals surface area contributed by atoms with Gasteiger partial charge in [-0.05, 0) is 80.4 Å². The number of para-hydroxylation sites is 3. The van der Waals surface area contributed by atoms with E-state index >= 15 is 0 Å². The molecule has 0 radical (unpaired) electrons. The van der Waals surface area contributed by atoms with Gasteiger partial charge in [-0.1, -0.05) is 35.6 Å². The smallest absolute Gasteiger partial charge is 0.260 e. The van der Waals surface area contributed by atoms with Gasteiger partial charge in [0.1, 0.15) is 18.5 Å². The molecule has 8 heteroatoms. The van der Waals surface area contributed by atoms with Gasteiger partial charge in [-0.3, -0.25) is 14.6 Å². The van der Waals surface area contributed by atoms with E-state index in [2.05, 4.69) is 11.0 Å². The predicted molar refractivity (Wildman–Crippen MR) is 150 cm³/mol. The van der Waals surface area contributed by atoms with Gasteiger partial charge < -0.3 is 14.2 Å². The highest BCUT2D eigenvalue weighted by atomic mass is 32.1. The Hall–Kier alpha value is -3.62. The van der Waals surface area contributed by atoms with Gasteiger partial charge in [-0.2, -0.15) is 0 Å². The molecule has 3 heterocycles. The highest BCUT2D eigenvalue weighted by Gasteiger charge is 2.29. The van der Waals surface area contributed by atoms with Gasteiger partial charge in [-0.25, -0.2) is 4.98 Å². The van der Waals surface area contributed by atoms with Crippen LogP contribution in [0.2, 0.25) is 0 Å². The first-order chi connectivity index (χ1) is 18.7. The SMILES string of the molecule is COc1ccc(C(=O)N(CC2CCN(CC3COc4ccccc4O3)CC2)c2nc3ccccc3s2)cc1. The number of piperidine rings is 1. The molecule has 1 saturated heterocycles. The van der Waals surface area contributed by atoms with Gasteiger partial charge in [0, 0.05) is 18.7 Å². The summed E-state index contributed by atoms with van der Waals surface area (Å²) in [5, 5.41) is 0.751. The fourth-order valence-corrected chi connectivity index (χ4v) is 6.14. The Morgan fingerprint density at radius 3 is 2.53 bits per heavy atom. The van der Waals surface area contributed by atoms with E-state index in [1.54, 1.807) is 18.4 Å². The molecule has 1 amide bonds. The Morgan fingerprint density at radius 1 is 1.03 bits per heavy atom. The molecule has 1 fully saturated rings. The zero-order chi connectivity index (χ0) is 25.9. The van der Waals surface area contributed by atoms with Gasteiger partial charge in [-0.15, -0.1) is 0 Å². The number of nitrogens with zero attached hydrogens (tertiary/aromatic N) is 3. The fourth-order valence-electron chi connectivity index (χ4n) is 5.16. The number of aromatic nitrogens is 1. The minimum atomic E-state index is -0.0273. The zero-order valence-corrected chi connectivity index (χ0v) is 22.2. The lowest BCUT2D eigenvalue weighted by molar-refractivity contribution is 0.0481. The van der Waals surface area contributed by atoms with Crippen LogP contribution in [0, 0.1) is 5.92 Å². The van der Waals surface area contributed by atoms with Crippen LogP contribution in [0.4, 0.5) is 5.13 Å². The van der Waals surface area contributed by atoms with Crippen LogP contribution in [-0.2, 0) is 0 Å². The second-order valence-electron chi connectivity index (χ2n) is 9.85. The number of benzene rings is 3. The zero-order valence-electron chi connectivity index (χ0n) is 21.4. The van der Waals surface area contributed by atoms with Gasteiger partial charge >= 0.3 is 0 Å². The van der Waals surface area contributed by atoms with Crippen LogP contribution in [0.1, 0.15) is 23.2 Å². The number of ether oxygens (including phenoxy) is 3. The molecular weight excluding hydrogens is 498 g/mol. The molecule has 7 nitrogen and oxygen atoms in total. The second kappa shape index (κ2) is 11.0. The first-order valence-corrected chi connectivity index (χ1v) is 13.9. The molecular formula is C30H31N3O4S. The molecule has 2 aliphatic heterocycles. The van der Waals surface area contributed by atoms with Crippen molar-refractivity contribution in [3.05, 3.63) is 78.4 Å². The molecule has 6 rings (SSSR count). The Bertz CT molecular complexity index is 1370. The van der Waals surface area contributed by atoms with Crippen LogP contribution in [0.3, 0.4) is 0 Å². The Kier molecular flexibility index (Phi) is 7.16. The van der Waals surface area contributed by atoms with Crippen molar-refractivity contribution in [3.63, 3.8) is 0 Å². The number of anilines is 1. The molecule has 1 unspecified atom stereocenters. The number of carbonyl (C=O) groups excluding carboxylic acids is 1. The quantitative estimate of drug-likeness (QED) is 0.315. The second-order valence-corrected chi connectivity index (χ2v) is 10.9. The van der Waals surface area contributed by atoms with E-state index in [-0.39, 0.29) is 12.0 Å². The molecule has 196 valence electrons. The van der Waals surface area contributed by atoms with Crippen molar-refractivity contribution in [1.82, 2.24) is 9.88 Å². The van der Waals surface area contributed by atoms with Gasteiger partial charge in [0.15, 0.2) is 16.6 Å². The maximum Gasteiger partial charge on any atom is 0.260 e.